The van der Waals surface area contributed by atoms with Crippen LogP contribution in [0.4, 0.5) is 5.82 Å². The van der Waals surface area contributed by atoms with E-state index in [0.29, 0.717) is 17.6 Å². The summed E-state index contributed by atoms with van der Waals surface area (Å²) >= 11 is 6.20. The van der Waals surface area contributed by atoms with Crippen LogP contribution in [-0.2, 0) is 11.1 Å². The second-order valence-electron chi connectivity index (χ2n) is 6.83. The van der Waals surface area contributed by atoms with Crippen LogP contribution in [0.15, 0.2) is 36.5 Å². The molecular weight excluding hydrogens is 355 g/mol. The maximum atomic E-state index is 12.3. The zero-order valence-corrected chi connectivity index (χ0v) is 16.5. The number of nitrogens with zero attached hydrogens (tertiary/aromatic N) is 3. The Balaban J connectivity index is 1.90. The number of rotatable bonds is 5. The Morgan fingerprint density at radius 3 is 2.72 bits per heavy atom. The van der Waals surface area contributed by atoms with Crippen molar-refractivity contribution in [2.45, 2.75) is 26.3 Å². The van der Waals surface area contributed by atoms with Gasteiger partial charge >= 0.3 is 0 Å². The van der Waals surface area contributed by atoms with Gasteiger partial charge in [-0.05, 0) is 30.9 Å². The lowest BCUT2D eigenvalue weighted by Gasteiger charge is -2.12. The van der Waals surface area contributed by atoms with E-state index in [1.165, 1.54) is 0 Å². The quantitative estimate of drug-likeness (QED) is 0.530. The molecule has 3 rings (SSSR count). The molecule has 0 saturated heterocycles. The average molecular weight is 377 g/mol. The predicted octanol–water partition coefficient (Wildman–Crippen LogP) is 4.37. The fourth-order valence-corrected chi connectivity index (χ4v) is 3.78. The van der Waals surface area contributed by atoms with Crippen LogP contribution in [0.1, 0.15) is 30.9 Å². The average Bonchev–Trinajstić information content (AvgIpc) is 2.96. The highest BCUT2D eigenvalue weighted by molar-refractivity contribution is 7.70. The van der Waals surface area contributed by atoms with E-state index in [0.717, 1.165) is 27.9 Å². The first-order valence-electron chi connectivity index (χ1n) is 8.18. The molecule has 1 N–H and O–H groups in total. The van der Waals surface area contributed by atoms with Gasteiger partial charge in [-0.3, -0.25) is 0 Å². The minimum Gasteiger partial charge on any atom is -0.366 e. The number of nitrogens with one attached hydrogen (secondary N) is 1. The number of aromatic nitrogens is 3. The molecule has 0 aliphatic carbocycles. The first-order chi connectivity index (χ1) is 11.8. The maximum absolute atomic E-state index is 12.3. The molecule has 0 unspecified atom stereocenters. The summed E-state index contributed by atoms with van der Waals surface area (Å²) in [5.74, 6) is 1.10. The summed E-state index contributed by atoms with van der Waals surface area (Å²) in [6.07, 6.45) is 1.83. The summed E-state index contributed by atoms with van der Waals surface area (Å²) in [7, 11) is -2.27. The van der Waals surface area contributed by atoms with Crippen molar-refractivity contribution in [3.63, 3.8) is 0 Å². The topological polar surface area (TPSA) is 59.3 Å². The Labute approximate surface area is 152 Å². The van der Waals surface area contributed by atoms with Crippen molar-refractivity contribution < 1.29 is 4.57 Å². The van der Waals surface area contributed by atoms with E-state index >= 15 is 0 Å². The zero-order valence-electron chi connectivity index (χ0n) is 14.8. The lowest BCUT2D eigenvalue weighted by Crippen LogP contribution is -2.09. The van der Waals surface area contributed by atoms with Crippen LogP contribution >= 0.6 is 18.7 Å². The molecule has 0 aliphatic heterocycles. The van der Waals surface area contributed by atoms with Gasteiger partial charge in [-0.2, -0.15) is 9.61 Å². The highest BCUT2D eigenvalue weighted by Crippen LogP contribution is 2.34. The third-order valence-corrected chi connectivity index (χ3v) is 5.81. The molecule has 0 radical (unpaired) electrons. The highest BCUT2D eigenvalue weighted by atomic mass is 35.5. The van der Waals surface area contributed by atoms with Gasteiger partial charge in [0, 0.05) is 23.5 Å². The molecule has 0 saturated carbocycles. The van der Waals surface area contributed by atoms with Crippen LogP contribution in [0.25, 0.3) is 5.65 Å². The smallest absolute Gasteiger partial charge is 0.162 e. The summed E-state index contributed by atoms with van der Waals surface area (Å²) in [6.45, 7) is 8.35. The minimum absolute atomic E-state index is 0.316. The van der Waals surface area contributed by atoms with Gasteiger partial charge in [0.25, 0.3) is 0 Å². The van der Waals surface area contributed by atoms with Crippen LogP contribution in [0.3, 0.4) is 0 Å². The number of hydrogen-bond donors (Lipinski definition) is 1. The molecule has 0 amide bonds. The van der Waals surface area contributed by atoms with E-state index in [2.05, 4.69) is 29.2 Å². The lowest BCUT2D eigenvalue weighted by molar-refractivity contribution is 0.588. The fraction of sp³-hybridized carbons (Fsp3) is 0.333. The van der Waals surface area contributed by atoms with Crippen LogP contribution in [0.5, 0.6) is 0 Å². The normalized spacial score (nSPS) is 12.1. The van der Waals surface area contributed by atoms with E-state index in [9.17, 15) is 4.57 Å². The SMILES string of the molecule is CC(C)c1cnn2c(NCc3cccc(P(C)(C)=O)c3)cc(Cl)nc12. The van der Waals surface area contributed by atoms with Crippen molar-refractivity contribution in [3.05, 3.63) is 52.8 Å². The van der Waals surface area contributed by atoms with Crippen LogP contribution in [0.2, 0.25) is 5.15 Å². The van der Waals surface area contributed by atoms with Crippen molar-refractivity contribution in [2.24, 2.45) is 0 Å². The number of anilines is 1. The molecule has 3 aromatic rings. The Morgan fingerprint density at radius 2 is 2.04 bits per heavy atom. The Bertz CT molecular complexity index is 961. The number of halogens is 1. The van der Waals surface area contributed by atoms with Crippen LogP contribution in [-0.4, -0.2) is 27.9 Å². The third kappa shape index (κ3) is 3.88. The molecule has 0 bridgehead atoms. The highest BCUT2D eigenvalue weighted by Gasteiger charge is 2.14. The standard InChI is InChI=1S/C18H22ClN4OP/c1-12(2)15-11-21-23-17(9-16(19)22-18(15)23)20-10-13-6-5-7-14(8-13)25(3,4)24/h5-9,11-12,20H,10H2,1-4H3. The Kier molecular flexibility index (Phi) is 4.90. The summed E-state index contributed by atoms with van der Waals surface area (Å²) in [5, 5.41) is 9.11. The fourth-order valence-electron chi connectivity index (χ4n) is 2.68. The summed E-state index contributed by atoms with van der Waals surface area (Å²) in [5.41, 5.74) is 2.88. The maximum Gasteiger partial charge on any atom is 0.162 e. The molecule has 0 aliphatic rings. The lowest BCUT2D eigenvalue weighted by atomic mass is 10.1. The van der Waals surface area contributed by atoms with Crippen molar-refractivity contribution in [2.75, 3.05) is 18.6 Å². The summed E-state index contributed by atoms with van der Waals surface area (Å²) in [4.78, 5) is 4.41. The molecule has 0 spiro atoms. The molecule has 132 valence electrons. The van der Waals surface area contributed by atoms with Crippen molar-refractivity contribution in [1.82, 2.24) is 14.6 Å². The number of benzene rings is 1. The number of hydrogen-bond acceptors (Lipinski definition) is 4. The van der Waals surface area contributed by atoms with Crippen LogP contribution < -0.4 is 10.6 Å². The largest absolute Gasteiger partial charge is 0.366 e. The second kappa shape index (κ2) is 6.81. The van der Waals surface area contributed by atoms with Gasteiger partial charge in [-0.1, -0.05) is 43.6 Å². The van der Waals surface area contributed by atoms with Gasteiger partial charge in [0.2, 0.25) is 0 Å². The van der Waals surface area contributed by atoms with Gasteiger partial charge in [-0.15, -0.1) is 0 Å². The second-order valence-corrected chi connectivity index (χ2v) is 10.4. The molecule has 0 atom stereocenters. The van der Waals surface area contributed by atoms with Gasteiger partial charge in [-0.25, -0.2) is 4.98 Å². The van der Waals surface area contributed by atoms with E-state index in [1.807, 2.05) is 30.5 Å². The Morgan fingerprint density at radius 1 is 1.28 bits per heavy atom. The van der Waals surface area contributed by atoms with Crippen molar-refractivity contribution in [3.8, 4) is 0 Å². The molecule has 7 heteroatoms. The molecule has 0 fully saturated rings. The van der Waals surface area contributed by atoms with Gasteiger partial charge in [0.1, 0.15) is 18.1 Å². The monoisotopic (exact) mass is 376 g/mol. The van der Waals surface area contributed by atoms with Gasteiger partial charge < -0.3 is 9.88 Å². The van der Waals surface area contributed by atoms with E-state index < -0.39 is 7.14 Å². The molecule has 5 nitrogen and oxygen atoms in total. The Hall–Kier alpha value is -1.84. The molecular formula is C18H22ClN4OP. The van der Waals surface area contributed by atoms with E-state index in [4.69, 9.17) is 11.6 Å². The van der Waals surface area contributed by atoms with Crippen molar-refractivity contribution in [1.29, 1.82) is 0 Å². The van der Waals surface area contributed by atoms with Gasteiger partial charge in [0.05, 0.1) is 6.20 Å². The molecule has 2 aromatic heterocycles. The van der Waals surface area contributed by atoms with E-state index in [-0.39, 0.29) is 0 Å². The summed E-state index contributed by atoms with van der Waals surface area (Å²) < 4.78 is 14.0. The molecule has 2 heterocycles. The zero-order chi connectivity index (χ0) is 18.2. The minimum atomic E-state index is -2.27. The van der Waals surface area contributed by atoms with E-state index in [1.54, 1.807) is 23.9 Å². The summed E-state index contributed by atoms with van der Waals surface area (Å²) in [6, 6.07) is 9.60. The third-order valence-electron chi connectivity index (χ3n) is 4.10. The number of fused-ring (bicyclic) bond motifs is 1. The van der Waals surface area contributed by atoms with Crippen LogP contribution in [0, 0.1) is 0 Å². The molecule has 1 aromatic carbocycles. The van der Waals surface area contributed by atoms with Crippen molar-refractivity contribution >= 4 is 35.5 Å². The van der Waals surface area contributed by atoms with Gasteiger partial charge in [0.15, 0.2) is 5.65 Å². The first kappa shape index (κ1) is 18.0. The predicted molar refractivity (Wildman–Crippen MR) is 105 cm³/mol. The molecule has 25 heavy (non-hydrogen) atoms. The first-order valence-corrected chi connectivity index (χ1v) is 11.2.